The van der Waals surface area contributed by atoms with Crippen LogP contribution in [-0.4, -0.2) is 35.8 Å². The topological polar surface area (TPSA) is 105 Å². The van der Waals surface area contributed by atoms with Crippen molar-refractivity contribution in [3.63, 3.8) is 0 Å². The summed E-state index contributed by atoms with van der Waals surface area (Å²) in [5, 5.41) is 8.63. The zero-order chi connectivity index (χ0) is 13.9. The van der Waals surface area contributed by atoms with Crippen LogP contribution in [-0.2, 0) is 15.6 Å². The van der Waals surface area contributed by atoms with E-state index in [1.54, 1.807) is 24.3 Å². The predicted molar refractivity (Wildman–Crippen MR) is 69.3 cm³/mol. The molecule has 8 heteroatoms. The first-order valence-corrected chi connectivity index (χ1v) is 7.43. The molecule has 0 spiro atoms. The average molecular weight is 280 g/mol. The molecule has 1 heterocycles. The maximum Gasteiger partial charge on any atom is 0.258 e. The van der Waals surface area contributed by atoms with Crippen molar-refractivity contribution in [2.45, 2.75) is 5.75 Å². The smallest absolute Gasteiger partial charge is 0.258 e. The molecule has 2 N–H and O–H groups in total. The van der Waals surface area contributed by atoms with E-state index in [0.717, 1.165) is 6.26 Å². The number of aromatic nitrogens is 3. The van der Waals surface area contributed by atoms with E-state index in [1.807, 2.05) is 0 Å². The zero-order valence-electron chi connectivity index (χ0n) is 10.1. The molecule has 2 rings (SSSR count). The maximum atomic E-state index is 11.8. The Hall–Kier alpha value is -2.22. The molecule has 0 saturated carbocycles. The summed E-state index contributed by atoms with van der Waals surface area (Å²) in [7, 11) is -3.08. The molecule has 19 heavy (non-hydrogen) atoms. The van der Waals surface area contributed by atoms with Crippen molar-refractivity contribution < 1.29 is 13.2 Å². The first-order valence-electron chi connectivity index (χ1n) is 5.37. The lowest BCUT2D eigenvalue weighted by Gasteiger charge is -2.03. The van der Waals surface area contributed by atoms with Gasteiger partial charge in [-0.3, -0.25) is 10.1 Å². The fraction of sp³-hybridized carbons (Fsp3) is 0.182. The SMILES string of the molecule is CS(=O)(=O)Cc1ccc(C(=O)Nc2ncn[nH]2)cc1. The van der Waals surface area contributed by atoms with Gasteiger partial charge in [-0.15, -0.1) is 0 Å². The van der Waals surface area contributed by atoms with Gasteiger partial charge in [0.25, 0.3) is 5.91 Å². The second kappa shape index (κ2) is 5.19. The summed E-state index contributed by atoms with van der Waals surface area (Å²) < 4.78 is 22.3. The molecular formula is C11H12N4O3S. The molecule has 0 aliphatic rings. The predicted octanol–water partition coefficient (Wildman–Crippen LogP) is 0.602. The Morgan fingerprint density at radius 3 is 2.53 bits per heavy atom. The summed E-state index contributed by atoms with van der Waals surface area (Å²) in [5.74, 6) is -0.135. The van der Waals surface area contributed by atoms with Gasteiger partial charge in [-0.05, 0) is 17.7 Å². The highest BCUT2D eigenvalue weighted by Gasteiger charge is 2.09. The Bertz CT molecular complexity index is 662. The third-order valence-corrected chi connectivity index (χ3v) is 3.15. The molecule has 100 valence electrons. The minimum Gasteiger partial charge on any atom is -0.291 e. The normalized spacial score (nSPS) is 11.2. The highest BCUT2D eigenvalue weighted by atomic mass is 32.2. The van der Waals surface area contributed by atoms with Crippen molar-refractivity contribution in [2.75, 3.05) is 11.6 Å². The Morgan fingerprint density at radius 1 is 1.32 bits per heavy atom. The Kier molecular flexibility index (Phi) is 3.61. The third-order valence-electron chi connectivity index (χ3n) is 2.29. The summed E-state index contributed by atoms with van der Waals surface area (Å²) in [4.78, 5) is 15.6. The maximum absolute atomic E-state index is 11.8. The zero-order valence-corrected chi connectivity index (χ0v) is 10.9. The molecule has 0 unspecified atom stereocenters. The molecule has 1 aromatic heterocycles. The molecule has 0 radical (unpaired) electrons. The second-order valence-electron chi connectivity index (χ2n) is 4.06. The van der Waals surface area contributed by atoms with Gasteiger partial charge in [-0.1, -0.05) is 12.1 Å². The van der Waals surface area contributed by atoms with Gasteiger partial charge in [0.2, 0.25) is 5.95 Å². The Labute approximate surface area is 110 Å². The van der Waals surface area contributed by atoms with Crippen LogP contribution in [0.3, 0.4) is 0 Å². The molecule has 0 aliphatic carbocycles. The van der Waals surface area contributed by atoms with Crippen molar-refractivity contribution in [3.05, 3.63) is 41.7 Å². The molecule has 0 aliphatic heterocycles. The van der Waals surface area contributed by atoms with Gasteiger partial charge >= 0.3 is 0 Å². The summed E-state index contributed by atoms with van der Waals surface area (Å²) >= 11 is 0. The van der Waals surface area contributed by atoms with Crippen molar-refractivity contribution in [1.29, 1.82) is 0 Å². The number of carbonyl (C=O) groups excluding carboxylic acids is 1. The van der Waals surface area contributed by atoms with E-state index in [-0.39, 0.29) is 17.6 Å². The van der Waals surface area contributed by atoms with Gasteiger partial charge in [0.05, 0.1) is 5.75 Å². The van der Waals surface area contributed by atoms with Crippen molar-refractivity contribution in [1.82, 2.24) is 15.2 Å². The first kappa shape index (κ1) is 13.2. The highest BCUT2D eigenvalue weighted by molar-refractivity contribution is 7.89. The number of benzene rings is 1. The lowest BCUT2D eigenvalue weighted by atomic mass is 10.1. The molecular weight excluding hydrogens is 268 g/mol. The number of rotatable bonds is 4. The van der Waals surface area contributed by atoms with Gasteiger partial charge in [0.1, 0.15) is 6.33 Å². The van der Waals surface area contributed by atoms with Gasteiger partial charge in [0, 0.05) is 11.8 Å². The molecule has 0 bridgehead atoms. The number of carbonyl (C=O) groups is 1. The van der Waals surface area contributed by atoms with Gasteiger partial charge < -0.3 is 0 Å². The first-order chi connectivity index (χ1) is 8.94. The van der Waals surface area contributed by atoms with Gasteiger partial charge in [0.15, 0.2) is 9.84 Å². The van der Waals surface area contributed by atoms with Crippen LogP contribution in [0.2, 0.25) is 0 Å². The third kappa shape index (κ3) is 3.88. The van der Waals surface area contributed by atoms with Crippen LogP contribution in [0.5, 0.6) is 0 Å². The minimum atomic E-state index is -3.08. The number of anilines is 1. The summed E-state index contributed by atoms with van der Waals surface area (Å²) in [5.41, 5.74) is 1.05. The number of H-pyrrole nitrogens is 1. The van der Waals surface area contributed by atoms with Crippen molar-refractivity contribution >= 4 is 21.7 Å². The number of nitrogens with one attached hydrogen (secondary N) is 2. The molecule has 0 saturated heterocycles. The number of aromatic amines is 1. The monoisotopic (exact) mass is 280 g/mol. The molecule has 7 nitrogen and oxygen atoms in total. The van der Waals surface area contributed by atoms with E-state index in [0.29, 0.717) is 11.1 Å². The van der Waals surface area contributed by atoms with E-state index < -0.39 is 9.84 Å². The van der Waals surface area contributed by atoms with E-state index in [2.05, 4.69) is 20.5 Å². The van der Waals surface area contributed by atoms with Crippen LogP contribution in [0, 0.1) is 0 Å². The van der Waals surface area contributed by atoms with E-state index in [9.17, 15) is 13.2 Å². The highest BCUT2D eigenvalue weighted by Crippen LogP contribution is 2.09. The Balaban J connectivity index is 2.08. The van der Waals surface area contributed by atoms with Crippen molar-refractivity contribution in [2.24, 2.45) is 0 Å². The average Bonchev–Trinajstić information content (AvgIpc) is 2.80. The number of sulfone groups is 1. The lowest BCUT2D eigenvalue weighted by Crippen LogP contribution is -2.13. The molecule has 1 amide bonds. The van der Waals surface area contributed by atoms with E-state index >= 15 is 0 Å². The number of nitrogens with zero attached hydrogens (tertiary/aromatic N) is 2. The fourth-order valence-electron chi connectivity index (χ4n) is 1.50. The number of hydrogen-bond donors (Lipinski definition) is 2. The van der Waals surface area contributed by atoms with Gasteiger partial charge in [-0.2, -0.15) is 10.1 Å². The van der Waals surface area contributed by atoms with Crippen LogP contribution >= 0.6 is 0 Å². The number of amides is 1. The number of hydrogen-bond acceptors (Lipinski definition) is 5. The molecule has 0 atom stereocenters. The Morgan fingerprint density at radius 2 is 2.00 bits per heavy atom. The lowest BCUT2D eigenvalue weighted by molar-refractivity contribution is 0.102. The van der Waals surface area contributed by atoms with E-state index in [4.69, 9.17) is 0 Å². The fourth-order valence-corrected chi connectivity index (χ4v) is 2.30. The quantitative estimate of drug-likeness (QED) is 0.853. The van der Waals surface area contributed by atoms with Crippen molar-refractivity contribution in [3.8, 4) is 0 Å². The minimum absolute atomic E-state index is 0.0446. The van der Waals surface area contributed by atoms with Crippen LogP contribution < -0.4 is 5.32 Å². The van der Waals surface area contributed by atoms with Crippen LogP contribution in [0.25, 0.3) is 0 Å². The molecule has 0 fully saturated rings. The summed E-state index contributed by atoms with van der Waals surface area (Å²) in [6, 6.07) is 6.34. The molecule has 2 aromatic rings. The van der Waals surface area contributed by atoms with Crippen LogP contribution in [0.4, 0.5) is 5.95 Å². The molecule has 1 aromatic carbocycles. The second-order valence-corrected chi connectivity index (χ2v) is 6.20. The largest absolute Gasteiger partial charge is 0.291 e. The van der Waals surface area contributed by atoms with Gasteiger partial charge in [-0.25, -0.2) is 13.5 Å². The van der Waals surface area contributed by atoms with Crippen LogP contribution in [0.15, 0.2) is 30.6 Å². The summed E-state index contributed by atoms with van der Waals surface area (Å²) in [6.07, 6.45) is 2.45. The van der Waals surface area contributed by atoms with Crippen LogP contribution in [0.1, 0.15) is 15.9 Å². The standard InChI is InChI=1S/C11H12N4O3S/c1-19(17,18)6-8-2-4-9(5-3-8)10(16)14-11-12-7-13-15-11/h2-5,7H,6H2,1H3,(H2,12,13,14,15,16). The summed E-state index contributed by atoms with van der Waals surface area (Å²) in [6.45, 7) is 0. The van der Waals surface area contributed by atoms with E-state index in [1.165, 1.54) is 6.33 Å².